The Kier molecular flexibility index (Phi) is 3.03. The Bertz CT molecular complexity index is 572. The maximum Gasteiger partial charge on any atom is 0.213 e. The molecule has 0 saturated carbocycles. The molecule has 0 radical (unpaired) electrons. The summed E-state index contributed by atoms with van der Waals surface area (Å²) in [4.78, 5) is 0. The third-order valence-electron chi connectivity index (χ3n) is 3.34. The first-order valence-corrected chi connectivity index (χ1v) is 5.55. The van der Waals surface area contributed by atoms with E-state index in [1.807, 2.05) is 0 Å². The predicted octanol–water partition coefficient (Wildman–Crippen LogP) is 0.130. The van der Waals surface area contributed by atoms with E-state index in [4.69, 9.17) is 0 Å². The van der Waals surface area contributed by atoms with Crippen LogP contribution in [0.15, 0.2) is 48.5 Å². The van der Waals surface area contributed by atoms with Crippen LogP contribution in [0.2, 0.25) is 0 Å². The van der Waals surface area contributed by atoms with Crippen LogP contribution in [0.4, 0.5) is 0 Å². The minimum Gasteiger partial charge on any atom is -1.00 e. The Morgan fingerprint density at radius 1 is 0.765 bits per heavy atom. The largest absolute Gasteiger partial charge is 1.00 e. The number of rotatable bonds is 0. The third-order valence-corrected chi connectivity index (χ3v) is 3.34. The highest BCUT2D eigenvalue weighted by molar-refractivity contribution is 5.93. The molecular formula is C15H14ClN. The van der Waals surface area contributed by atoms with Crippen LogP contribution in [0.1, 0.15) is 5.56 Å². The number of halogens is 1. The van der Waals surface area contributed by atoms with E-state index >= 15 is 0 Å². The molecule has 0 bridgehead atoms. The molecule has 86 valence electrons. The summed E-state index contributed by atoms with van der Waals surface area (Å²) in [5.41, 5.74) is 3.95. The molecule has 0 fully saturated rings. The Balaban J connectivity index is 0.00000108. The number of aromatic nitrogens is 1. The topological polar surface area (TPSA) is 3.88 Å². The van der Waals surface area contributed by atoms with Gasteiger partial charge in [-0.15, -0.1) is 0 Å². The van der Waals surface area contributed by atoms with E-state index in [9.17, 15) is 0 Å². The molecule has 0 spiro atoms. The lowest BCUT2D eigenvalue weighted by atomic mass is 10.0. The zero-order chi connectivity index (χ0) is 11.1. The molecule has 1 aromatic heterocycles. The lowest BCUT2D eigenvalue weighted by Gasteiger charge is -2.05. The summed E-state index contributed by atoms with van der Waals surface area (Å²) in [6.45, 7) is 2.20. The van der Waals surface area contributed by atoms with E-state index in [0.29, 0.717) is 0 Å². The lowest BCUT2D eigenvalue weighted by Crippen LogP contribution is -3.00. The molecule has 0 aliphatic carbocycles. The Morgan fingerprint density at radius 3 is 1.65 bits per heavy atom. The molecule has 1 nitrogen and oxygen atoms in total. The number of hydrogen-bond acceptors (Lipinski definition) is 0. The highest BCUT2D eigenvalue weighted by atomic mass is 35.5. The number of benzene rings is 2. The maximum absolute atomic E-state index is 2.26. The van der Waals surface area contributed by atoms with Crippen molar-refractivity contribution >= 4 is 21.8 Å². The average Bonchev–Trinajstić information content (AvgIpc) is 2.36. The first-order chi connectivity index (χ1) is 7.79. The second-order valence-corrected chi connectivity index (χ2v) is 4.22. The van der Waals surface area contributed by atoms with E-state index in [1.54, 1.807) is 0 Å². The van der Waals surface area contributed by atoms with Crippen molar-refractivity contribution in [3.63, 3.8) is 0 Å². The highest BCUT2D eigenvalue weighted by Gasteiger charge is 2.13. The van der Waals surface area contributed by atoms with Crippen molar-refractivity contribution in [3.8, 4) is 0 Å². The van der Waals surface area contributed by atoms with Gasteiger partial charge >= 0.3 is 0 Å². The molecule has 0 aliphatic heterocycles. The first kappa shape index (κ1) is 11.9. The van der Waals surface area contributed by atoms with Crippen LogP contribution in [0.5, 0.6) is 0 Å². The average molecular weight is 244 g/mol. The van der Waals surface area contributed by atoms with Gasteiger partial charge in [0.05, 0.1) is 0 Å². The van der Waals surface area contributed by atoms with Crippen LogP contribution in [0, 0.1) is 6.92 Å². The van der Waals surface area contributed by atoms with Gasteiger partial charge in [0.2, 0.25) is 11.0 Å². The summed E-state index contributed by atoms with van der Waals surface area (Å²) in [6.07, 6.45) is 0. The van der Waals surface area contributed by atoms with E-state index in [2.05, 4.69) is 67.1 Å². The smallest absolute Gasteiger partial charge is 0.213 e. The van der Waals surface area contributed by atoms with Gasteiger partial charge in [0.1, 0.15) is 7.05 Å². The highest BCUT2D eigenvalue weighted by Crippen LogP contribution is 2.22. The van der Waals surface area contributed by atoms with Crippen LogP contribution in [-0.2, 0) is 7.05 Å². The molecule has 0 aliphatic rings. The maximum atomic E-state index is 2.26. The van der Waals surface area contributed by atoms with Gasteiger partial charge < -0.3 is 12.4 Å². The van der Waals surface area contributed by atoms with Crippen LogP contribution < -0.4 is 17.0 Å². The van der Waals surface area contributed by atoms with Gasteiger partial charge in [-0.2, -0.15) is 4.57 Å². The Hall–Kier alpha value is -1.60. The molecule has 0 amide bonds. The Labute approximate surface area is 107 Å². The van der Waals surface area contributed by atoms with Crippen molar-refractivity contribution in [1.29, 1.82) is 0 Å². The van der Waals surface area contributed by atoms with E-state index in [1.165, 1.54) is 27.4 Å². The zero-order valence-corrected chi connectivity index (χ0v) is 10.7. The minimum absolute atomic E-state index is 0. The SMILES string of the molecule is Cc1c2ccccc2[n+](C)c2ccccc12.[Cl-]. The van der Waals surface area contributed by atoms with Crippen LogP contribution in [0.25, 0.3) is 21.8 Å². The van der Waals surface area contributed by atoms with Gasteiger partial charge in [0.25, 0.3) is 0 Å². The summed E-state index contributed by atoms with van der Waals surface area (Å²) in [6, 6.07) is 17.1. The molecule has 3 rings (SSSR count). The molecule has 0 saturated heterocycles. The van der Waals surface area contributed by atoms with E-state index < -0.39 is 0 Å². The second-order valence-electron chi connectivity index (χ2n) is 4.22. The number of pyridine rings is 1. The summed E-state index contributed by atoms with van der Waals surface area (Å²) < 4.78 is 2.26. The van der Waals surface area contributed by atoms with Gasteiger partial charge in [-0.25, -0.2) is 0 Å². The molecule has 17 heavy (non-hydrogen) atoms. The number of aryl methyl sites for hydroxylation is 2. The fraction of sp³-hybridized carbons (Fsp3) is 0.133. The minimum atomic E-state index is 0. The molecule has 0 unspecified atom stereocenters. The molecule has 2 aromatic carbocycles. The second kappa shape index (κ2) is 4.34. The lowest BCUT2D eigenvalue weighted by molar-refractivity contribution is -0.617. The van der Waals surface area contributed by atoms with Crippen molar-refractivity contribution in [1.82, 2.24) is 0 Å². The van der Waals surface area contributed by atoms with Crippen molar-refractivity contribution in [2.75, 3.05) is 0 Å². The zero-order valence-electron chi connectivity index (χ0n) is 9.94. The summed E-state index contributed by atoms with van der Waals surface area (Å²) in [5.74, 6) is 0. The fourth-order valence-electron chi connectivity index (χ4n) is 2.44. The van der Waals surface area contributed by atoms with Gasteiger partial charge in [0.15, 0.2) is 0 Å². The van der Waals surface area contributed by atoms with Crippen molar-refractivity contribution < 1.29 is 17.0 Å². The van der Waals surface area contributed by atoms with E-state index in [0.717, 1.165) is 0 Å². The molecular weight excluding hydrogens is 230 g/mol. The van der Waals surface area contributed by atoms with E-state index in [-0.39, 0.29) is 12.4 Å². The summed E-state index contributed by atoms with van der Waals surface area (Å²) >= 11 is 0. The van der Waals surface area contributed by atoms with Crippen molar-refractivity contribution in [3.05, 3.63) is 54.1 Å². The summed E-state index contributed by atoms with van der Waals surface area (Å²) in [5, 5.41) is 2.67. The number of nitrogens with zero attached hydrogens (tertiary/aromatic N) is 1. The molecule has 2 heteroatoms. The van der Waals surface area contributed by atoms with Crippen molar-refractivity contribution in [2.45, 2.75) is 6.92 Å². The van der Waals surface area contributed by atoms with Gasteiger partial charge in [-0.05, 0) is 24.6 Å². The number of hydrogen-bond donors (Lipinski definition) is 0. The predicted molar refractivity (Wildman–Crippen MR) is 67.4 cm³/mol. The Morgan fingerprint density at radius 2 is 1.18 bits per heavy atom. The molecule has 0 N–H and O–H groups in total. The number of para-hydroxylation sites is 2. The number of fused-ring (bicyclic) bond motifs is 2. The quantitative estimate of drug-likeness (QED) is 0.390. The molecule has 1 heterocycles. The third kappa shape index (κ3) is 1.67. The van der Waals surface area contributed by atoms with Gasteiger partial charge in [0, 0.05) is 22.9 Å². The van der Waals surface area contributed by atoms with Crippen molar-refractivity contribution in [2.24, 2.45) is 7.05 Å². The first-order valence-electron chi connectivity index (χ1n) is 5.55. The van der Waals surface area contributed by atoms with Crippen LogP contribution >= 0.6 is 0 Å². The standard InChI is InChI=1S/C15H14N.ClH/c1-11-12-7-3-5-9-14(12)16(2)15-10-6-4-8-13(11)15;/h3-10H,1-2H3;1H/q+1;/p-1. The monoisotopic (exact) mass is 243 g/mol. The summed E-state index contributed by atoms with van der Waals surface area (Å²) in [7, 11) is 2.13. The molecule has 3 aromatic rings. The normalized spacial score (nSPS) is 10.5. The molecule has 0 atom stereocenters. The van der Waals surface area contributed by atoms with Gasteiger partial charge in [-0.1, -0.05) is 24.3 Å². The fourth-order valence-corrected chi connectivity index (χ4v) is 2.44. The van der Waals surface area contributed by atoms with Crippen LogP contribution in [0.3, 0.4) is 0 Å². The van der Waals surface area contributed by atoms with Crippen LogP contribution in [-0.4, -0.2) is 0 Å². The van der Waals surface area contributed by atoms with Gasteiger partial charge in [-0.3, -0.25) is 0 Å².